The van der Waals surface area contributed by atoms with E-state index in [0.29, 0.717) is 32.7 Å². The predicted octanol–water partition coefficient (Wildman–Crippen LogP) is 2.00. The van der Waals surface area contributed by atoms with Crippen LogP contribution >= 0.6 is 0 Å². The van der Waals surface area contributed by atoms with Crippen molar-refractivity contribution in [2.75, 3.05) is 26.2 Å². The van der Waals surface area contributed by atoms with Crippen molar-refractivity contribution in [1.29, 1.82) is 0 Å². The molecule has 1 fully saturated rings. The molecular formula is C17H22F2N4O2S. The molecule has 1 saturated heterocycles. The molecular weight excluding hydrogens is 362 g/mol. The van der Waals surface area contributed by atoms with Crippen LogP contribution in [0.4, 0.5) is 8.78 Å². The quantitative estimate of drug-likeness (QED) is 0.791. The number of piperazine rings is 1. The van der Waals surface area contributed by atoms with Crippen molar-refractivity contribution in [2.24, 2.45) is 0 Å². The van der Waals surface area contributed by atoms with Gasteiger partial charge in [-0.1, -0.05) is 0 Å². The van der Waals surface area contributed by atoms with Crippen molar-refractivity contribution in [2.45, 2.75) is 31.8 Å². The molecule has 0 N–H and O–H groups in total. The molecule has 1 aromatic carbocycles. The summed E-state index contributed by atoms with van der Waals surface area (Å²) in [6.45, 7) is 7.26. The van der Waals surface area contributed by atoms with Crippen LogP contribution in [0.15, 0.2) is 29.3 Å². The number of halogens is 2. The Morgan fingerprint density at radius 2 is 1.81 bits per heavy atom. The minimum atomic E-state index is -3.82. The van der Waals surface area contributed by atoms with Gasteiger partial charge in [-0.25, -0.2) is 17.2 Å². The summed E-state index contributed by atoms with van der Waals surface area (Å²) >= 11 is 0. The zero-order chi connectivity index (χ0) is 18.9. The Balaban J connectivity index is 1.65. The molecule has 0 unspecified atom stereocenters. The second-order valence-electron chi connectivity index (χ2n) is 6.35. The third kappa shape index (κ3) is 3.79. The Hall–Kier alpha value is -1.84. The van der Waals surface area contributed by atoms with E-state index in [9.17, 15) is 17.2 Å². The Kier molecular flexibility index (Phi) is 5.40. The molecule has 3 rings (SSSR count). The van der Waals surface area contributed by atoms with Gasteiger partial charge in [0.1, 0.15) is 0 Å². The van der Waals surface area contributed by atoms with Gasteiger partial charge in [-0.05, 0) is 32.0 Å². The lowest BCUT2D eigenvalue weighted by Gasteiger charge is -2.33. The first-order chi connectivity index (χ1) is 12.3. The van der Waals surface area contributed by atoms with Crippen molar-refractivity contribution in [3.63, 3.8) is 0 Å². The highest BCUT2D eigenvalue weighted by Crippen LogP contribution is 2.21. The molecule has 2 aromatic rings. The first-order valence-electron chi connectivity index (χ1n) is 8.51. The summed E-state index contributed by atoms with van der Waals surface area (Å²) in [6.07, 6.45) is 2.01. The standard InChI is InChI=1S/C17H22F2N4O2S/c1-3-22-12-14(13(2)20-22)11-21-6-8-23(9-7-21)26(24,25)15-4-5-16(18)17(19)10-15/h4-5,10,12H,3,6-9,11H2,1-2H3. The highest BCUT2D eigenvalue weighted by Gasteiger charge is 2.29. The molecule has 1 aromatic heterocycles. The van der Waals surface area contributed by atoms with Gasteiger partial charge in [-0.2, -0.15) is 9.40 Å². The van der Waals surface area contributed by atoms with Crippen molar-refractivity contribution < 1.29 is 17.2 Å². The number of hydrogen-bond donors (Lipinski definition) is 0. The average Bonchev–Trinajstić information content (AvgIpc) is 2.97. The second kappa shape index (κ2) is 7.42. The minimum Gasteiger partial charge on any atom is -0.296 e. The lowest BCUT2D eigenvalue weighted by atomic mass is 10.2. The van der Waals surface area contributed by atoms with Crippen molar-refractivity contribution in [3.8, 4) is 0 Å². The lowest BCUT2D eigenvalue weighted by molar-refractivity contribution is 0.181. The van der Waals surface area contributed by atoms with Gasteiger partial charge in [-0.3, -0.25) is 9.58 Å². The number of hydrogen-bond acceptors (Lipinski definition) is 4. The molecule has 0 atom stereocenters. The zero-order valence-corrected chi connectivity index (χ0v) is 15.6. The molecule has 0 aliphatic carbocycles. The second-order valence-corrected chi connectivity index (χ2v) is 8.29. The minimum absolute atomic E-state index is 0.218. The van der Waals surface area contributed by atoms with Gasteiger partial charge < -0.3 is 0 Å². The van der Waals surface area contributed by atoms with E-state index in [1.807, 2.05) is 24.7 Å². The third-order valence-electron chi connectivity index (χ3n) is 4.63. The first-order valence-corrected chi connectivity index (χ1v) is 9.95. The van der Waals surface area contributed by atoms with Crippen LogP contribution in [-0.2, 0) is 23.1 Å². The largest absolute Gasteiger partial charge is 0.296 e. The highest BCUT2D eigenvalue weighted by atomic mass is 32.2. The van der Waals surface area contributed by atoms with E-state index < -0.39 is 21.7 Å². The maximum atomic E-state index is 13.4. The maximum Gasteiger partial charge on any atom is 0.243 e. The smallest absolute Gasteiger partial charge is 0.243 e. The Morgan fingerprint density at radius 1 is 1.12 bits per heavy atom. The normalized spacial score (nSPS) is 16.9. The summed E-state index contributed by atoms with van der Waals surface area (Å²) < 4.78 is 54.9. The van der Waals surface area contributed by atoms with Crippen LogP contribution in [-0.4, -0.2) is 53.6 Å². The molecule has 0 saturated carbocycles. The molecule has 0 radical (unpaired) electrons. The third-order valence-corrected chi connectivity index (χ3v) is 6.52. The van der Waals surface area contributed by atoms with Crippen molar-refractivity contribution in [3.05, 3.63) is 47.3 Å². The summed E-state index contributed by atoms with van der Waals surface area (Å²) in [5.41, 5.74) is 2.10. The number of nitrogens with zero attached hydrogens (tertiary/aromatic N) is 4. The van der Waals surface area contributed by atoms with Crippen LogP contribution in [0, 0.1) is 18.6 Å². The molecule has 1 aliphatic heterocycles. The van der Waals surface area contributed by atoms with Gasteiger partial charge in [0, 0.05) is 51.0 Å². The molecule has 142 valence electrons. The fraction of sp³-hybridized carbons (Fsp3) is 0.471. The van der Waals surface area contributed by atoms with Crippen LogP contribution in [0.5, 0.6) is 0 Å². The molecule has 0 amide bonds. The van der Waals surface area contributed by atoms with Crippen molar-refractivity contribution >= 4 is 10.0 Å². The van der Waals surface area contributed by atoms with E-state index >= 15 is 0 Å². The molecule has 0 bridgehead atoms. The number of rotatable bonds is 5. The van der Waals surface area contributed by atoms with Crippen LogP contribution in [0.3, 0.4) is 0 Å². The summed E-state index contributed by atoms with van der Waals surface area (Å²) in [5, 5.41) is 4.42. The van der Waals surface area contributed by atoms with Crippen LogP contribution in [0.2, 0.25) is 0 Å². The molecule has 1 aliphatic rings. The van der Waals surface area contributed by atoms with Crippen LogP contribution < -0.4 is 0 Å². The molecule has 26 heavy (non-hydrogen) atoms. The fourth-order valence-electron chi connectivity index (χ4n) is 3.03. The molecule has 0 spiro atoms. The van der Waals surface area contributed by atoms with E-state index in [-0.39, 0.29) is 4.90 Å². The fourth-order valence-corrected chi connectivity index (χ4v) is 4.47. The van der Waals surface area contributed by atoms with Gasteiger partial charge in [0.2, 0.25) is 10.0 Å². The highest BCUT2D eigenvalue weighted by molar-refractivity contribution is 7.89. The lowest BCUT2D eigenvalue weighted by Crippen LogP contribution is -2.48. The van der Waals surface area contributed by atoms with E-state index in [2.05, 4.69) is 10.00 Å². The van der Waals surface area contributed by atoms with Gasteiger partial charge in [0.25, 0.3) is 0 Å². The van der Waals surface area contributed by atoms with E-state index in [4.69, 9.17) is 0 Å². The van der Waals surface area contributed by atoms with Gasteiger partial charge in [0.05, 0.1) is 10.6 Å². The summed E-state index contributed by atoms with van der Waals surface area (Å²) in [4.78, 5) is 1.95. The Labute approximate surface area is 152 Å². The number of sulfonamides is 1. The van der Waals surface area contributed by atoms with Crippen LogP contribution in [0.25, 0.3) is 0 Å². The Bertz CT molecular complexity index is 890. The van der Waals surface area contributed by atoms with Crippen LogP contribution in [0.1, 0.15) is 18.2 Å². The number of aromatic nitrogens is 2. The summed E-state index contributed by atoms with van der Waals surface area (Å²) in [6, 6.07) is 2.68. The zero-order valence-electron chi connectivity index (χ0n) is 14.8. The predicted molar refractivity (Wildman–Crippen MR) is 93.0 cm³/mol. The molecule has 2 heterocycles. The van der Waals surface area contributed by atoms with Gasteiger partial charge in [-0.15, -0.1) is 0 Å². The van der Waals surface area contributed by atoms with Crippen molar-refractivity contribution in [1.82, 2.24) is 19.0 Å². The first kappa shape index (κ1) is 18.9. The topological polar surface area (TPSA) is 58.4 Å². The van der Waals surface area contributed by atoms with Gasteiger partial charge >= 0.3 is 0 Å². The Morgan fingerprint density at radius 3 is 2.38 bits per heavy atom. The maximum absolute atomic E-state index is 13.4. The summed E-state index contributed by atoms with van der Waals surface area (Å²) in [5.74, 6) is -2.22. The molecule has 9 heteroatoms. The number of aryl methyl sites for hydroxylation is 2. The monoisotopic (exact) mass is 384 g/mol. The van der Waals surface area contributed by atoms with Gasteiger partial charge in [0.15, 0.2) is 11.6 Å². The summed E-state index contributed by atoms with van der Waals surface area (Å²) in [7, 11) is -3.82. The van der Waals surface area contributed by atoms with E-state index in [1.165, 1.54) is 4.31 Å². The molecule has 6 nitrogen and oxygen atoms in total. The average molecular weight is 384 g/mol. The SMILES string of the molecule is CCn1cc(CN2CCN(S(=O)(=O)c3ccc(F)c(F)c3)CC2)c(C)n1. The van der Waals surface area contributed by atoms with E-state index in [0.717, 1.165) is 36.0 Å². The van der Waals surface area contributed by atoms with E-state index in [1.54, 1.807) is 0 Å². The number of benzene rings is 1.